The van der Waals surface area contributed by atoms with Crippen LogP contribution < -0.4 is 15.0 Å². The van der Waals surface area contributed by atoms with Gasteiger partial charge in [-0.05, 0) is 51.0 Å². The van der Waals surface area contributed by atoms with Gasteiger partial charge in [0.1, 0.15) is 5.75 Å². The molecule has 0 atom stereocenters. The van der Waals surface area contributed by atoms with Gasteiger partial charge in [0.05, 0.1) is 12.3 Å². The van der Waals surface area contributed by atoms with Gasteiger partial charge in [0.2, 0.25) is 0 Å². The predicted molar refractivity (Wildman–Crippen MR) is 110 cm³/mol. The number of nitrogens with one attached hydrogen (secondary N) is 1. The van der Waals surface area contributed by atoms with Crippen molar-refractivity contribution in [3.8, 4) is 5.75 Å². The molecule has 0 radical (unpaired) electrons. The number of carbonyl (C=O) groups excluding carboxylic acids is 1. The van der Waals surface area contributed by atoms with E-state index < -0.39 is 16.1 Å². The molecule has 1 saturated heterocycles. The number of benzene rings is 1. The summed E-state index contributed by atoms with van der Waals surface area (Å²) in [5.74, 6) is 0.723. The lowest BCUT2D eigenvalue weighted by Gasteiger charge is -2.15. The number of aromatic nitrogens is 1. The Bertz CT molecular complexity index is 935. The van der Waals surface area contributed by atoms with Crippen LogP contribution in [0.1, 0.15) is 25.5 Å². The zero-order valence-electron chi connectivity index (χ0n) is 16.1. The van der Waals surface area contributed by atoms with Crippen LogP contribution in [0.4, 0.5) is 15.6 Å². The number of hydrogen-bond acceptors (Lipinski definition) is 6. The van der Waals surface area contributed by atoms with Gasteiger partial charge in [0.15, 0.2) is 9.34 Å². The number of nitrogens with zero attached hydrogens (tertiary/aromatic N) is 3. The van der Waals surface area contributed by atoms with Crippen LogP contribution in [-0.2, 0) is 10.0 Å². The molecule has 2 heterocycles. The van der Waals surface area contributed by atoms with Crippen LogP contribution >= 0.6 is 11.3 Å². The number of rotatable bonds is 6. The Labute approximate surface area is 169 Å². The first-order valence-electron chi connectivity index (χ1n) is 9.08. The molecule has 0 spiro atoms. The molecule has 152 valence electrons. The monoisotopic (exact) mass is 424 g/mol. The lowest BCUT2D eigenvalue weighted by molar-refractivity contribution is 0.258. The third kappa shape index (κ3) is 4.29. The summed E-state index contributed by atoms with van der Waals surface area (Å²) >= 11 is 1.01. The van der Waals surface area contributed by atoms with Crippen LogP contribution in [0.5, 0.6) is 5.75 Å². The molecule has 1 fully saturated rings. The molecule has 3 rings (SSSR count). The van der Waals surface area contributed by atoms with Crippen molar-refractivity contribution >= 4 is 38.2 Å². The molecule has 0 bridgehead atoms. The Hall–Kier alpha value is -2.17. The molecule has 1 N–H and O–H groups in total. The van der Waals surface area contributed by atoms with Crippen LogP contribution in [0, 0.1) is 6.92 Å². The van der Waals surface area contributed by atoms with E-state index in [2.05, 4.69) is 10.3 Å². The molecule has 0 aliphatic carbocycles. The van der Waals surface area contributed by atoms with Gasteiger partial charge in [0.25, 0.3) is 10.0 Å². The van der Waals surface area contributed by atoms with Gasteiger partial charge < -0.3 is 10.1 Å². The van der Waals surface area contributed by atoms with E-state index in [4.69, 9.17) is 4.74 Å². The van der Waals surface area contributed by atoms with E-state index in [1.807, 2.05) is 6.92 Å². The smallest absolute Gasteiger partial charge is 0.327 e. The molecule has 2 aromatic rings. The maximum atomic E-state index is 12.8. The second kappa shape index (κ2) is 8.46. The first kappa shape index (κ1) is 20.6. The highest BCUT2D eigenvalue weighted by Crippen LogP contribution is 2.33. The summed E-state index contributed by atoms with van der Waals surface area (Å²) in [6.45, 7) is 5.19. The maximum Gasteiger partial charge on any atom is 0.327 e. The van der Waals surface area contributed by atoms with E-state index in [1.165, 1.54) is 9.21 Å². The third-order valence-electron chi connectivity index (χ3n) is 4.39. The topological polar surface area (TPSA) is 91.8 Å². The average molecular weight is 425 g/mol. The van der Waals surface area contributed by atoms with E-state index in [0.29, 0.717) is 36.2 Å². The van der Waals surface area contributed by atoms with Crippen molar-refractivity contribution in [1.82, 2.24) is 9.29 Å². The molecular formula is C18H24N4O4S2. The summed E-state index contributed by atoms with van der Waals surface area (Å²) in [6.07, 6.45) is 1.74. The summed E-state index contributed by atoms with van der Waals surface area (Å²) in [5.41, 5.74) is 1.02. The number of thiazole rings is 1. The van der Waals surface area contributed by atoms with Crippen LogP contribution in [0.25, 0.3) is 0 Å². The van der Waals surface area contributed by atoms with Gasteiger partial charge in [0, 0.05) is 25.8 Å². The van der Waals surface area contributed by atoms with E-state index in [0.717, 1.165) is 29.9 Å². The highest BCUT2D eigenvalue weighted by molar-refractivity contribution is 7.91. The molecule has 2 amide bonds. The molecule has 10 heteroatoms. The molecule has 28 heavy (non-hydrogen) atoms. The highest BCUT2D eigenvalue weighted by atomic mass is 32.2. The minimum atomic E-state index is -3.56. The van der Waals surface area contributed by atoms with Crippen LogP contribution in [0.3, 0.4) is 0 Å². The highest BCUT2D eigenvalue weighted by Gasteiger charge is 2.32. The van der Waals surface area contributed by atoms with Crippen molar-refractivity contribution in [2.75, 3.05) is 37.0 Å². The SMILES string of the molecule is CCOc1ccc(NC(=O)N(C)c2nc(C)c(S(=O)(=O)N3CCCC3)s2)cc1. The van der Waals surface area contributed by atoms with Gasteiger partial charge in [-0.1, -0.05) is 11.3 Å². The summed E-state index contributed by atoms with van der Waals surface area (Å²) in [7, 11) is -2.00. The Morgan fingerprint density at radius 3 is 2.54 bits per heavy atom. The number of urea groups is 1. The third-order valence-corrected chi connectivity index (χ3v) is 8.11. The molecule has 1 aromatic heterocycles. The zero-order chi connectivity index (χ0) is 20.3. The first-order valence-corrected chi connectivity index (χ1v) is 11.3. The molecule has 0 unspecified atom stereocenters. The van der Waals surface area contributed by atoms with Gasteiger partial charge >= 0.3 is 6.03 Å². The van der Waals surface area contributed by atoms with Crippen molar-refractivity contribution in [3.63, 3.8) is 0 Å². The van der Waals surface area contributed by atoms with Crippen molar-refractivity contribution in [3.05, 3.63) is 30.0 Å². The summed E-state index contributed by atoms with van der Waals surface area (Å²) in [6, 6.07) is 6.63. The van der Waals surface area contributed by atoms with Gasteiger partial charge in [-0.2, -0.15) is 4.31 Å². The van der Waals surface area contributed by atoms with E-state index >= 15 is 0 Å². The average Bonchev–Trinajstić information content (AvgIpc) is 3.33. The summed E-state index contributed by atoms with van der Waals surface area (Å²) in [4.78, 5) is 18.2. The first-order chi connectivity index (χ1) is 13.3. The quantitative estimate of drug-likeness (QED) is 0.768. The predicted octanol–water partition coefficient (Wildman–Crippen LogP) is 3.30. The van der Waals surface area contributed by atoms with E-state index in [-0.39, 0.29) is 4.21 Å². The van der Waals surface area contributed by atoms with Crippen molar-refractivity contribution in [2.45, 2.75) is 30.9 Å². The summed E-state index contributed by atoms with van der Waals surface area (Å²) < 4.78 is 32.7. The largest absolute Gasteiger partial charge is 0.494 e. The zero-order valence-corrected chi connectivity index (χ0v) is 17.8. The second-order valence-corrected chi connectivity index (χ2v) is 9.54. The minimum Gasteiger partial charge on any atom is -0.494 e. The Morgan fingerprint density at radius 1 is 1.29 bits per heavy atom. The van der Waals surface area contributed by atoms with Crippen molar-refractivity contribution in [1.29, 1.82) is 0 Å². The number of sulfonamides is 1. The maximum absolute atomic E-state index is 12.8. The fraction of sp³-hybridized carbons (Fsp3) is 0.444. The second-order valence-electron chi connectivity index (χ2n) is 6.43. The van der Waals surface area contributed by atoms with Gasteiger partial charge in [-0.25, -0.2) is 18.2 Å². The number of hydrogen-bond donors (Lipinski definition) is 1. The van der Waals surface area contributed by atoms with E-state index in [1.54, 1.807) is 38.2 Å². The number of amides is 2. The Balaban J connectivity index is 1.73. The van der Waals surface area contributed by atoms with Gasteiger partial charge in [-0.15, -0.1) is 0 Å². The fourth-order valence-electron chi connectivity index (χ4n) is 2.89. The number of anilines is 2. The molecule has 8 nitrogen and oxygen atoms in total. The molecule has 1 aliphatic heterocycles. The molecule has 0 saturated carbocycles. The van der Waals surface area contributed by atoms with Gasteiger partial charge in [-0.3, -0.25) is 4.90 Å². The number of aryl methyl sites for hydroxylation is 1. The van der Waals surface area contributed by atoms with Crippen LogP contribution in [0.15, 0.2) is 28.5 Å². The van der Waals surface area contributed by atoms with Crippen molar-refractivity contribution < 1.29 is 17.9 Å². The lowest BCUT2D eigenvalue weighted by Crippen LogP contribution is -2.31. The molecular weight excluding hydrogens is 400 g/mol. The lowest BCUT2D eigenvalue weighted by atomic mass is 10.3. The van der Waals surface area contributed by atoms with Crippen molar-refractivity contribution in [2.24, 2.45) is 0 Å². The Morgan fingerprint density at radius 2 is 1.93 bits per heavy atom. The fourth-order valence-corrected chi connectivity index (χ4v) is 6.01. The number of carbonyl (C=O) groups is 1. The normalized spacial score (nSPS) is 14.8. The van der Waals surface area contributed by atoms with Crippen LogP contribution in [0.2, 0.25) is 0 Å². The standard InChI is InChI=1S/C18H24N4O4S2/c1-4-26-15-9-7-14(8-10-15)20-17(23)21(3)18-19-13(2)16(27-18)28(24,25)22-11-5-6-12-22/h7-10H,4-6,11-12H2,1-3H3,(H,20,23). The molecule has 1 aromatic carbocycles. The number of ether oxygens (including phenoxy) is 1. The summed E-state index contributed by atoms with van der Waals surface area (Å²) in [5, 5.41) is 3.10. The van der Waals surface area contributed by atoms with Crippen LogP contribution in [-0.4, -0.2) is 50.5 Å². The minimum absolute atomic E-state index is 0.199. The molecule has 1 aliphatic rings. The van der Waals surface area contributed by atoms with E-state index in [9.17, 15) is 13.2 Å². The Kier molecular flexibility index (Phi) is 6.21.